The highest BCUT2D eigenvalue weighted by atomic mass is 35.5. The molecule has 0 amide bonds. The molecule has 0 spiro atoms. The lowest BCUT2D eigenvalue weighted by Gasteiger charge is -2.16. The van der Waals surface area contributed by atoms with Crippen molar-refractivity contribution in [2.24, 2.45) is 11.7 Å². The van der Waals surface area contributed by atoms with Crippen molar-refractivity contribution < 1.29 is 4.39 Å². The highest BCUT2D eigenvalue weighted by Gasteiger charge is 2.11. The van der Waals surface area contributed by atoms with Crippen LogP contribution in [-0.2, 0) is 0 Å². The summed E-state index contributed by atoms with van der Waals surface area (Å²) in [6.45, 7) is 6.14. The Kier molecular flexibility index (Phi) is 6.61. The largest absolute Gasteiger partial charge is 0.324 e. The topological polar surface area (TPSA) is 26.0 Å². The van der Waals surface area contributed by atoms with Crippen LogP contribution in [0, 0.1) is 18.7 Å². The van der Waals surface area contributed by atoms with Gasteiger partial charge in [0, 0.05) is 6.04 Å². The SMILES string of the molecule is Cc1c(F)cccc1[C@H](N)CCC(C)C.Cl. The monoisotopic (exact) mass is 245 g/mol. The van der Waals surface area contributed by atoms with Crippen LogP contribution in [-0.4, -0.2) is 0 Å². The van der Waals surface area contributed by atoms with Gasteiger partial charge in [0.25, 0.3) is 0 Å². The first kappa shape index (κ1) is 15.4. The van der Waals surface area contributed by atoms with E-state index in [-0.39, 0.29) is 24.3 Å². The van der Waals surface area contributed by atoms with Crippen molar-refractivity contribution >= 4 is 12.4 Å². The lowest BCUT2D eigenvalue weighted by atomic mass is 9.95. The maximum Gasteiger partial charge on any atom is 0.126 e. The van der Waals surface area contributed by atoms with E-state index in [1.165, 1.54) is 6.07 Å². The maximum atomic E-state index is 13.3. The molecule has 0 fully saturated rings. The molecule has 2 N–H and O–H groups in total. The first-order valence-electron chi connectivity index (χ1n) is 5.53. The summed E-state index contributed by atoms with van der Waals surface area (Å²) in [7, 11) is 0. The van der Waals surface area contributed by atoms with E-state index in [1.54, 1.807) is 13.0 Å². The second-order valence-electron chi connectivity index (χ2n) is 4.53. The van der Waals surface area contributed by atoms with Gasteiger partial charge in [-0.2, -0.15) is 0 Å². The van der Waals surface area contributed by atoms with Gasteiger partial charge in [0.05, 0.1) is 0 Å². The average Bonchev–Trinajstić information content (AvgIpc) is 2.18. The molecule has 0 aliphatic carbocycles. The van der Waals surface area contributed by atoms with Gasteiger partial charge in [0.15, 0.2) is 0 Å². The second-order valence-corrected chi connectivity index (χ2v) is 4.53. The number of halogens is 2. The molecule has 0 aromatic heterocycles. The Labute approximate surface area is 104 Å². The number of hydrogen-bond acceptors (Lipinski definition) is 1. The molecule has 0 radical (unpaired) electrons. The molecule has 1 nitrogen and oxygen atoms in total. The number of nitrogens with two attached hydrogens (primary N) is 1. The third-order valence-electron chi connectivity index (χ3n) is 2.76. The molecule has 0 bridgehead atoms. The molecular formula is C13H21ClFN. The zero-order valence-electron chi connectivity index (χ0n) is 10.2. The van der Waals surface area contributed by atoms with Crippen LogP contribution in [0.1, 0.15) is 43.9 Å². The molecule has 1 rings (SSSR count). The predicted octanol–water partition coefficient (Wildman–Crippen LogP) is 3.99. The Morgan fingerprint density at radius 2 is 1.88 bits per heavy atom. The minimum Gasteiger partial charge on any atom is -0.324 e. The first-order chi connectivity index (χ1) is 7.02. The molecule has 1 atom stereocenters. The summed E-state index contributed by atoms with van der Waals surface area (Å²) in [5.74, 6) is 0.484. The summed E-state index contributed by atoms with van der Waals surface area (Å²) in [6, 6.07) is 5.09. The standard InChI is InChI=1S/C13H20FN.ClH/c1-9(2)7-8-13(15)11-5-4-6-12(14)10(11)3;/h4-6,9,13H,7-8,15H2,1-3H3;1H/t13-;/m1./s1. The minimum atomic E-state index is -0.160. The van der Waals surface area contributed by atoms with Crippen LogP contribution in [0.4, 0.5) is 4.39 Å². The van der Waals surface area contributed by atoms with E-state index in [9.17, 15) is 4.39 Å². The van der Waals surface area contributed by atoms with E-state index in [1.807, 2.05) is 6.07 Å². The molecule has 0 aliphatic rings. The second kappa shape index (κ2) is 6.87. The zero-order valence-corrected chi connectivity index (χ0v) is 11.0. The Morgan fingerprint density at radius 1 is 1.25 bits per heavy atom. The fourth-order valence-electron chi connectivity index (χ4n) is 1.69. The van der Waals surface area contributed by atoms with Crippen LogP contribution >= 0.6 is 12.4 Å². The van der Waals surface area contributed by atoms with Crippen LogP contribution in [0.2, 0.25) is 0 Å². The number of hydrogen-bond donors (Lipinski definition) is 1. The molecule has 16 heavy (non-hydrogen) atoms. The van der Waals surface area contributed by atoms with Crippen molar-refractivity contribution in [3.63, 3.8) is 0 Å². The molecule has 0 heterocycles. The Bertz CT molecular complexity index is 326. The number of rotatable bonds is 4. The number of benzene rings is 1. The summed E-state index contributed by atoms with van der Waals surface area (Å²) < 4.78 is 13.3. The van der Waals surface area contributed by atoms with Gasteiger partial charge in [0.2, 0.25) is 0 Å². The third kappa shape index (κ3) is 4.11. The highest BCUT2D eigenvalue weighted by Crippen LogP contribution is 2.23. The van der Waals surface area contributed by atoms with E-state index in [0.717, 1.165) is 18.4 Å². The van der Waals surface area contributed by atoms with Gasteiger partial charge in [-0.05, 0) is 42.9 Å². The molecule has 1 aromatic rings. The third-order valence-corrected chi connectivity index (χ3v) is 2.76. The van der Waals surface area contributed by atoms with E-state index < -0.39 is 0 Å². The molecule has 1 aromatic carbocycles. The maximum absolute atomic E-state index is 13.3. The lowest BCUT2D eigenvalue weighted by Crippen LogP contribution is -2.13. The van der Waals surface area contributed by atoms with Gasteiger partial charge in [-0.1, -0.05) is 26.0 Å². The Hall–Kier alpha value is -0.600. The van der Waals surface area contributed by atoms with Crippen LogP contribution in [0.5, 0.6) is 0 Å². The van der Waals surface area contributed by atoms with Crippen molar-refractivity contribution in [2.75, 3.05) is 0 Å². The van der Waals surface area contributed by atoms with Crippen LogP contribution in [0.25, 0.3) is 0 Å². The van der Waals surface area contributed by atoms with Crippen molar-refractivity contribution in [3.05, 3.63) is 35.1 Å². The van der Waals surface area contributed by atoms with Crippen LogP contribution in [0.15, 0.2) is 18.2 Å². The summed E-state index contributed by atoms with van der Waals surface area (Å²) in [6.07, 6.45) is 2.00. The van der Waals surface area contributed by atoms with Gasteiger partial charge in [0.1, 0.15) is 5.82 Å². The zero-order chi connectivity index (χ0) is 11.4. The van der Waals surface area contributed by atoms with Crippen molar-refractivity contribution in [3.8, 4) is 0 Å². The van der Waals surface area contributed by atoms with Crippen molar-refractivity contribution in [1.82, 2.24) is 0 Å². The van der Waals surface area contributed by atoms with Crippen LogP contribution in [0.3, 0.4) is 0 Å². The highest BCUT2D eigenvalue weighted by molar-refractivity contribution is 5.85. The molecule has 92 valence electrons. The minimum absolute atomic E-state index is 0. The Balaban J connectivity index is 0.00000225. The molecule has 3 heteroatoms. The molecule has 0 aliphatic heterocycles. The summed E-state index contributed by atoms with van der Waals surface area (Å²) >= 11 is 0. The van der Waals surface area contributed by atoms with Gasteiger partial charge in [-0.3, -0.25) is 0 Å². The van der Waals surface area contributed by atoms with Crippen molar-refractivity contribution in [2.45, 2.75) is 39.7 Å². The van der Waals surface area contributed by atoms with Crippen molar-refractivity contribution in [1.29, 1.82) is 0 Å². The van der Waals surface area contributed by atoms with E-state index in [0.29, 0.717) is 11.5 Å². The van der Waals surface area contributed by atoms with Crippen LogP contribution < -0.4 is 5.73 Å². The fraction of sp³-hybridized carbons (Fsp3) is 0.538. The quantitative estimate of drug-likeness (QED) is 0.853. The molecule has 0 saturated heterocycles. The average molecular weight is 246 g/mol. The van der Waals surface area contributed by atoms with E-state index >= 15 is 0 Å². The fourth-order valence-corrected chi connectivity index (χ4v) is 1.69. The summed E-state index contributed by atoms with van der Waals surface area (Å²) in [5, 5.41) is 0. The Morgan fingerprint density at radius 3 is 2.44 bits per heavy atom. The summed E-state index contributed by atoms with van der Waals surface area (Å²) in [4.78, 5) is 0. The van der Waals surface area contributed by atoms with E-state index in [2.05, 4.69) is 13.8 Å². The summed E-state index contributed by atoms with van der Waals surface area (Å²) in [5.41, 5.74) is 7.68. The van der Waals surface area contributed by atoms with E-state index in [4.69, 9.17) is 5.73 Å². The van der Waals surface area contributed by atoms with Gasteiger partial charge < -0.3 is 5.73 Å². The molecular weight excluding hydrogens is 225 g/mol. The predicted molar refractivity (Wildman–Crippen MR) is 69.4 cm³/mol. The molecule has 0 saturated carbocycles. The van der Waals surface area contributed by atoms with Gasteiger partial charge in [-0.25, -0.2) is 4.39 Å². The van der Waals surface area contributed by atoms with Gasteiger partial charge >= 0.3 is 0 Å². The first-order valence-corrected chi connectivity index (χ1v) is 5.53. The van der Waals surface area contributed by atoms with Gasteiger partial charge in [-0.15, -0.1) is 12.4 Å². The lowest BCUT2D eigenvalue weighted by molar-refractivity contribution is 0.503. The smallest absolute Gasteiger partial charge is 0.126 e. The normalized spacial score (nSPS) is 12.4. The molecule has 0 unspecified atom stereocenters.